The predicted molar refractivity (Wildman–Crippen MR) is 165 cm³/mol. The number of hydrogen-bond donors (Lipinski definition) is 0. The van der Waals surface area contributed by atoms with E-state index in [9.17, 15) is 0 Å². The molecule has 0 amide bonds. The molecule has 2 aromatic rings. The molecular formula is C29H42Br2N2NiOSi. The second-order valence-electron chi connectivity index (χ2n) is 12.1. The third-order valence-corrected chi connectivity index (χ3v) is 8.51. The topological polar surface area (TPSA) is 34.0 Å². The first-order chi connectivity index (χ1) is 16.7. The van der Waals surface area contributed by atoms with Gasteiger partial charge in [0.2, 0.25) is 5.90 Å². The van der Waals surface area contributed by atoms with Crippen LogP contribution in [0.2, 0.25) is 19.6 Å². The van der Waals surface area contributed by atoms with Crippen LogP contribution in [-0.2, 0) is 15.6 Å². The Bertz CT molecular complexity index is 1040. The third-order valence-electron chi connectivity index (χ3n) is 6.44. The first kappa shape index (κ1) is 31.5. The second-order valence-corrected chi connectivity index (χ2v) is 22.1. The van der Waals surface area contributed by atoms with Gasteiger partial charge in [-0.3, -0.25) is 0 Å². The zero-order chi connectivity index (χ0) is 27.3. The summed E-state index contributed by atoms with van der Waals surface area (Å²) in [5.74, 6) is 1.43. The molecule has 202 valence electrons. The molecule has 3 rings (SSSR count). The summed E-state index contributed by atoms with van der Waals surface area (Å²) >= 11 is 6.00. The van der Waals surface area contributed by atoms with E-state index in [0.29, 0.717) is 24.3 Å². The Morgan fingerprint density at radius 2 is 1.47 bits per heavy atom. The minimum absolute atomic E-state index is 0.0491. The molecule has 36 heavy (non-hydrogen) atoms. The Hall–Kier alpha value is -0.750. The second kappa shape index (κ2) is 13.4. The fourth-order valence-electron chi connectivity index (χ4n) is 4.06. The zero-order valence-electron chi connectivity index (χ0n) is 23.4. The molecule has 3 nitrogen and oxygen atoms in total. The van der Waals surface area contributed by atoms with E-state index in [1.807, 2.05) is 0 Å². The van der Waals surface area contributed by atoms with Crippen molar-refractivity contribution in [3.63, 3.8) is 0 Å². The van der Waals surface area contributed by atoms with Gasteiger partial charge in [0.1, 0.15) is 12.3 Å². The Morgan fingerprint density at radius 1 is 0.972 bits per heavy atom. The summed E-state index contributed by atoms with van der Waals surface area (Å²) in [5.41, 5.74) is 5.56. The van der Waals surface area contributed by atoms with Crippen molar-refractivity contribution in [2.45, 2.75) is 86.0 Å². The zero-order valence-corrected chi connectivity index (χ0v) is 28.5. The number of halogens is 2. The van der Waals surface area contributed by atoms with Crippen molar-refractivity contribution >= 4 is 59.0 Å². The molecule has 1 aliphatic heterocycles. The fourth-order valence-corrected chi connectivity index (χ4v) is 5.23. The van der Waals surface area contributed by atoms with Crippen LogP contribution in [0.5, 0.6) is 0 Å². The maximum atomic E-state index is 6.21. The van der Waals surface area contributed by atoms with E-state index < -0.39 is 8.07 Å². The molecule has 1 aliphatic rings. The molecule has 0 bridgehead atoms. The monoisotopic (exact) mass is 678 g/mol. The van der Waals surface area contributed by atoms with E-state index in [1.54, 1.807) is 0 Å². The molecule has 0 aliphatic carbocycles. The van der Waals surface area contributed by atoms with Gasteiger partial charge in [-0.1, -0.05) is 116 Å². The van der Waals surface area contributed by atoms with E-state index in [2.05, 4.69) is 139 Å². The van der Waals surface area contributed by atoms with Crippen LogP contribution in [0.15, 0.2) is 52.4 Å². The fraction of sp³-hybridized carbons (Fsp3) is 0.517. The van der Waals surface area contributed by atoms with Crippen LogP contribution in [0.25, 0.3) is 0 Å². The summed E-state index contributed by atoms with van der Waals surface area (Å²) in [6.45, 7) is 23.3. The molecule has 0 saturated carbocycles. The molecule has 0 aromatic heterocycles. The van der Waals surface area contributed by atoms with E-state index in [4.69, 9.17) is 14.7 Å². The maximum absolute atomic E-state index is 6.21. The van der Waals surface area contributed by atoms with Crippen LogP contribution >= 0.6 is 28.5 Å². The number of benzene rings is 2. The van der Waals surface area contributed by atoms with Crippen LogP contribution < -0.4 is 5.19 Å². The average Bonchev–Trinajstić information content (AvgIpc) is 3.28. The van der Waals surface area contributed by atoms with Crippen molar-refractivity contribution in [1.82, 2.24) is 0 Å². The number of nitrogens with zero attached hydrogens (tertiary/aromatic N) is 2. The van der Waals surface area contributed by atoms with E-state index in [0.717, 1.165) is 17.0 Å². The van der Waals surface area contributed by atoms with Gasteiger partial charge < -0.3 is 4.74 Å². The summed E-state index contributed by atoms with van der Waals surface area (Å²) in [6.07, 6.45) is 0. The van der Waals surface area contributed by atoms with Crippen molar-refractivity contribution in [3.8, 4) is 0 Å². The number of ether oxygens (including phenoxy) is 1. The molecule has 0 spiro atoms. The summed E-state index contributed by atoms with van der Waals surface area (Å²) in [4.78, 5) is 10.4. The van der Waals surface area contributed by atoms with Gasteiger partial charge in [-0.05, 0) is 28.4 Å². The molecule has 0 saturated heterocycles. The van der Waals surface area contributed by atoms with Crippen LogP contribution in [0.1, 0.15) is 77.0 Å². The Kier molecular flexibility index (Phi) is 11.7. The average molecular weight is 681 g/mol. The number of hydrogen-bond acceptors (Lipinski definition) is 3. The molecule has 1 atom stereocenters. The number of rotatable bonds is 6. The van der Waals surface area contributed by atoms with Crippen molar-refractivity contribution in [1.29, 1.82) is 0 Å². The molecule has 2 aromatic carbocycles. The molecule has 0 unspecified atom stereocenters. The van der Waals surface area contributed by atoms with Gasteiger partial charge in [0.15, 0.2) is 0 Å². The van der Waals surface area contributed by atoms with Gasteiger partial charge in [-0.2, -0.15) is 0 Å². The molecule has 0 fully saturated rings. The quantitative estimate of drug-likeness (QED) is 0.221. The Morgan fingerprint density at radius 3 is 1.86 bits per heavy atom. The van der Waals surface area contributed by atoms with Gasteiger partial charge in [0.05, 0.1) is 19.8 Å². The first-order valence-corrected chi connectivity index (χ1v) is 20.9. The van der Waals surface area contributed by atoms with Crippen molar-refractivity contribution < 1.29 is 15.6 Å². The molecule has 7 heteroatoms. The molecular weight excluding hydrogens is 639 g/mol. The van der Waals surface area contributed by atoms with Crippen LogP contribution in [0, 0.1) is 5.41 Å². The Labute approximate surface area is 240 Å². The number of aliphatic imine (C=N–C) groups is 2. The van der Waals surface area contributed by atoms with Gasteiger partial charge in [0.25, 0.3) is 0 Å². The van der Waals surface area contributed by atoms with Gasteiger partial charge >= 0.3 is 39.3 Å². The molecule has 0 radical (unpaired) electrons. The predicted octanol–water partition coefficient (Wildman–Crippen LogP) is 9.13. The summed E-state index contributed by atoms with van der Waals surface area (Å²) in [7, 11) is -0.132. The van der Waals surface area contributed by atoms with Crippen molar-refractivity contribution in [3.05, 3.63) is 59.2 Å². The van der Waals surface area contributed by atoms with E-state index >= 15 is 0 Å². The minimum atomic E-state index is -1.38. The normalized spacial score (nSPS) is 16.7. The van der Waals surface area contributed by atoms with E-state index in [-0.39, 0.29) is 11.5 Å². The summed E-state index contributed by atoms with van der Waals surface area (Å²) in [6, 6.07) is 15.6. The Balaban J connectivity index is 0.00000145. The summed E-state index contributed by atoms with van der Waals surface area (Å²) < 4.78 is 6.21. The molecule has 0 N–H and O–H groups in total. The van der Waals surface area contributed by atoms with Crippen LogP contribution in [-0.4, -0.2) is 32.3 Å². The van der Waals surface area contributed by atoms with Crippen LogP contribution in [0.3, 0.4) is 0 Å². The van der Waals surface area contributed by atoms with Crippen molar-refractivity contribution in [2.75, 3.05) is 6.61 Å². The van der Waals surface area contributed by atoms with Gasteiger partial charge in [0, 0.05) is 5.56 Å². The molecule has 1 heterocycles. The van der Waals surface area contributed by atoms with Gasteiger partial charge in [-0.25, -0.2) is 9.98 Å². The van der Waals surface area contributed by atoms with Gasteiger partial charge in [-0.15, -0.1) is 0 Å². The van der Waals surface area contributed by atoms with Crippen molar-refractivity contribution in [2.24, 2.45) is 15.4 Å². The summed E-state index contributed by atoms with van der Waals surface area (Å²) in [5, 5.41) is 1.44. The first-order valence-electron chi connectivity index (χ1n) is 12.6. The van der Waals surface area contributed by atoms with Crippen LogP contribution in [0.4, 0.5) is 5.69 Å². The SMILES string of the molecule is CC(C)c1cccc(C(C)C)c1N=C(C1=N[C@@H](C(C)(C)C)CO1)c1ccc([Si](C)(C)C)cc1.[Br][Ni][Br]. The third kappa shape index (κ3) is 8.38. The van der Waals surface area contributed by atoms with E-state index in [1.165, 1.54) is 27.2 Å². The standard InChI is InChI=1S/C29H42N2OSi.2BrH.Ni/c1-19(2)23-12-11-13-24(20(3)4)27(23)31-26(28-30-25(18-32-28)29(5,6)7)21-14-16-22(17-15-21)33(8,9)10;;;/h11-17,19-20,25H,18H2,1-10H3;2*1H;/q;;;+2/p-2/t25-;;;/m1.../s1. The number of para-hydroxylation sites is 1.